The molecule has 0 amide bonds. The maximum absolute atomic E-state index is 2.40. The lowest BCUT2D eigenvalue weighted by molar-refractivity contribution is 1.04. The average molecular weight is 262 g/mol. The molecular formula is C20H22. The third-order valence-electron chi connectivity index (χ3n) is 4.30. The van der Waals surface area contributed by atoms with Crippen LogP contribution in [-0.4, -0.2) is 0 Å². The molecule has 1 aliphatic carbocycles. The first-order valence-electron chi connectivity index (χ1n) is 7.63. The third kappa shape index (κ3) is 2.31. The first-order valence-corrected chi connectivity index (χ1v) is 7.63. The number of allylic oxidation sites excluding steroid dienone is 1. The minimum atomic E-state index is 1.10. The van der Waals surface area contributed by atoms with Gasteiger partial charge in [-0.1, -0.05) is 67.5 Å². The minimum absolute atomic E-state index is 1.10. The number of hydrogen-bond acceptors (Lipinski definition) is 0. The van der Waals surface area contributed by atoms with Gasteiger partial charge in [0.1, 0.15) is 0 Å². The van der Waals surface area contributed by atoms with Crippen molar-refractivity contribution in [3.63, 3.8) is 0 Å². The molecule has 0 aromatic heterocycles. The van der Waals surface area contributed by atoms with Crippen molar-refractivity contribution in [1.29, 1.82) is 0 Å². The van der Waals surface area contributed by atoms with E-state index in [0.717, 1.165) is 19.3 Å². The summed E-state index contributed by atoms with van der Waals surface area (Å²) in [6.45, 7) is 6.66. The lowest BCUT2D eigenvalue weighted by Crippen LogP contribution is -1.90. The van der Waals surface area contributed by atoms with E-state index in [0.29, 0.717) is 0 Å². The van der Waals surface area contributed by atoms with Gasteiger partial charge in [-0.2, -0.15) is 0 Å². The van der Waals surface area contributed by atoms with Crippen molar-refractivity contribution in [2.45, 2.75) is 40.0 Å². The van der Waals surface area contributed by atoms with Crippen LogP contribution in [0.2, 0.25) is 0 Å². The summed E-state index contributed by atoms with van der Waals surface area (Å²) in [5.41, 5.74) is 10.00. The van der Waals surface area contributed by atoms with E-state index >= 15 is 0 Å². The van der Waals surface area contributed by atoms with Gasteiger partial charge in [-0.25, -0.2) is 0 Å². The Bertz CT molecular complexity index is 657. The molecule has 0 radical (unpaired) electrons. The first-order chi connectivity index (χ1) is 9.71. The Morgan fingerprint density at radius 3 is 2.35 bits per heavy atom. The molecular weight excluding hydrogens is 240 g/mol. The molecule has 0 saturated carbocycles. The highest BCUT2D eigenvalue weighted by Crippen LogP contribution is 2.36. The normalized spacial score (nSPS) is 13.2. The van der Waals surface area contributed by atoms with E-state index in [9.17, 15) is 0 Å². The van der Waals surface area contributed by atoms with Crippen LogP contribution in [0.15, 0.2) is 42.0 Å². The van der Waals surface area contributed by atoms with Crippen LogP contribution in [0.4, 0.5) is 0 Å². The molecule has 0 spiro atoms. The fourth-order valence-electron chi connectivity index (χ4n) is 3.08. The molecule has 0 N–H and O–H groups in total. The summed E-state index contributed by atoms with van der Waals surface area (Å²) in [4.78, 5) is 0. The molecule has 0 saturated heterocycles. The summed E-state index contributed by atoms with van der Waals surface area (Å²) in [7, 11) is 0. The van der Waals surface area contributed by atoms with Crippen LogP contribution in [0.25, 0.3) is 17.2 Å². The molecule has 0 fully saturated rings. The van der Waals surface area contributed by atoms with Gasteiger partial charge in [-0.05, 0) is 54.0 Å². The van der Waals surface area contributed by atoms with Gasteiger partial charge in [0.25, 0.3) is 0 Å². The summed E-state index contributed by atoms with van der Waals surface area (Å²) < 4.78 is 0. The van der Waals surface area contributed by atoms with Crippen molar-refractivity contribution in [2.75, 3.05) is 0 Å². The Hall–Kier alpha value is -1.82. The van der Waals surface area contributed by atoms with Gasteiger partial charge in [0.05, 0.1) is 0 Å². The summed E-state index contributed by atoms with van der Waals surface area (Å²) in [6.07, 6.45) is 5.79. The molecule has 0 nitrogen and oxygen atoms in total. The summed E-state index contributed by atoms with van der Waals surface area (Å²) in [5, 5.41) is 0. The zero-order chi connectivity index (χ0) is 14.1. The van der Waals surface area contributed by atoms with Crippen LogP contribution in [0, 0.1) is 6.92 Å². The lowest BCUT2D eigenvalue weighted by Gasteiger charge is -2.10. The van der Waals surface area contributed by atoms with Crippen LogP contribution in [0.3, 0.4) is 0 Å². The molecule has 0 heteroatoms. The highest BCUT2D eigenvalue weighted by Gasteiger charge is 2.16. The van der Waals surface area contributed by atoms with E-state index in [1.54, 1.807) is 5.57 Å². The summed E-state index contributed by atoms with van der Waals surface area (Å²) in [6, 6.07) is 13.7. The Kier molecular flexibility index (Phi) is 3.48. The predicted molar refractivity (Wildman–Crippen MR) is 88.0 cm³/mol. The molecule has 102 valence electrons. The standard InChI is InChI=1S/C20H22/c1-4-15-6-8-17(9-7-15)19-11-14(3)10-18-12-16(5-2)13-20(18)19/h6-11,13H,4-5,12H2,1-3H3. The first kappa shape index (κ1) is 13.2. The van der Waals surface area contributed by atoms with Gasteiger partial charge < -0.3 is 0 Å². The number of aryl methyl sites for hydroxylation is 2. The van der Waals surface area contributed by atoms with Gasteiger partial charge in [-0.15, -0.1) is 0 Å². The predicted octanol–water partition coefficient (Wildman–Crippen LogP) is 5.57. The molecule has 3 rings (SSSR count). The van der Waals surface area contributed by atoms with Gasteiger partial charge in [0, 0.05) is 0 Å². The number of fused-ring (bicyclic) bond motifs is 1. The second-order valence-corrected chi connectivity index (χ2v) is 5.77. The van der Waals surface area contributed by atoms with Crippen molar-refractivity contribution in [1.82, 2.24) is 0 Å². The fourth-order valence-corrected chi connectivity index (χ4v) is 3.08. The monoisotopic (exact) mass is 262 g/mol. The molecule has 0 bridgehead atoms. The minimum Gasteiger partial charge on any atom is -0.0655 e. The number of rotatable bonds is 3. The Morgan fingerprint density at radius 2 is 1.70 bits per heavy atom. The van der Waals surface area contributed by atoms with E-state index in [4.69, 9.17) is 0 Å². The van der Waals surface area contributed by atoms with E-state index < -0.39 is 0 Å². The Morgan fingerprint density at radius 1 is 0.950 bits per heavy atom. The number of benzene rings is 2. The quantitative estimate of drug-likeness (QED) is 0.678. The molecule has 0 atom stereocenters. The van der Waals surface area contributed by atoms with Crippen molar-refractivity contribution >= 4 is 6.08 Å². The smallest absolute Gasteiger partial charge is 0.00576 e. The van der Waals surface area contributed by atoms with Crippen LogP contribution in [-0.2, 0) is 12.8 Å². The Balaban J connectivity index is 2.11. The second kappa shape index (κ2) is 5.28. The van der Waals surface area contributed by atoms with Crippen LogP contribution >= 0.6 is 0 Å². The van der Waals surface area contributed by atoms with Crippen molar-refractivity contribution in [3.8, 4) is 11.1 Å². The van der Waals surface area contributed by atoms with Crippen molar-refractivity contribution in [3.05, 3.63) is 64.2 Å². The van der Waals surface area contributed by atoms with Gasteiger partial charge in [-0.3, -0.25) is 0 Å². The molecule has 0 aliphatic heterocycles. The molecule has 0 unspecified atom stereocenters. The average Bonchev–Trinajstić information content (AvgIpc) is 2.89. The van der Waals surface area contributed by atoms with Crippen LogP contribution in [0.5, 0.6) is 0 Å². The summed E-state index contributed by atoms with van der Waals surface area (Å²) in [5.74, 6) is 0. The van der Waals surface area contributed by atoms with E-state index in [2.05, 4.69) is 63.2 Å². The molecule has 0 heterocycles. The molecule has 2 aromatic carbocycles. The van der Waals surface area contributed by atoms with E-state index in [1.807, 2.05) is 0 Å². The van der Waals surface area contributed by atoms with Crippen molar-refractivity contribution < 1.29 is 0 Å². The van der Waals surface area contributed by atoms with Gasteiger partial charge in [0.2, 0.25) is 0 Å². The maximum atomic E-state index is 2.40. The van der Waals surface area contributed by atoms with E-state index in [-0.39, 0.29) is 0 Å². The lowest BCUT2D eigenvalue weighted by atomic mass is 9.94. The Labute approximate surface area is 122 Å². The highest BCUT2D eigenvalue weighted by atomic mass is 14.2. The highest BCUT2D eigenvalue weighted by molar-refractivity contribution is 5.81. The number of hydrogen-bond donors (Lipinski definition) is 0. The maximum Gasteiger partial charge on any atom is -0.00576 e. The SMILES string of the molecule is CCC1=Cc2c(cc(C)cc2-c2ccc(CC)cc2)C1. The largest absolute Gasteiger partial charge is 0.0655 e. The third-order valence-corrected chi connectivity index (χ3v) is 4.30. The molecule has 1 aliphatic rings. The molecule has 2 aromatic rings. The molecule has 20 heavy (non-hydrogen) atoms. The van der Waals surface area contributed by atoms with Crippen molar-refractivity contribution in [2.24, 2.45) is 0 Å². The fraction of sp³-hybridized carbons (Fsp3) is 0.300. The topological polar surface area (TPSA) is 0 Å². The van der Waals surface area contributed by atoms with E-state index in [1.165, 1.54) is 33.4 Å². The van der Waals surface area contributed by atoms with Gasteiger partial charge >= 0.3 is 0 Å². The zero-order valence-corrected chi connectivity index (χ0v) is 12.7. The van der Waals surface area contributed by atoms with Gasteiger partial charge in [0.15, 0.2) is 0 Å². The summed E-state index contributed by atoms with van der Waals surface area (Å²) >= 11 is 0. The second-order valence-electron chi connectivity index (χ2n) is 5.77. The van der Waals surface area contributed by atoms with Crippen LogP contribution in [0.1, 0.15) is 42.5 Å². The zero-order valence-electron chi connectivity index (χ0n) is 12.7. The van der Waals surface area contributed by atoms with Crippen LogP contribution < -0.4 is 0 Å².